The number of hydrogen-bond donors (Lipinski definition) is 1. The Kier molecular flexibility index (Phi) is 5.72. The minimum Gasteiger partial charge on any atom is -0.376 e. The van der Waals surface area contributed by atoms with Gasteiger partial charge in [-0.2, -0.15) is 0 Å². The predicted molar refractivity (Wildman–Crippen MR) is 89.3 cm³/mol. The topological polar surface area (TPSA) is 38.5 Å². The molecule has 2 fully saturated rings. The molecule has 2 aliphatic rings. The SMILES string of the molecule is CCC(C)(C)C1CCC(CN)C(N2CC(C)OCC2C)C1. The maximum Gasteiger partial charge on any atom is 0.0674 e. The Morgan fingerprint density at radius 3 is 2.57 bits per heavy atom. The van der Waals surface area contributed by atoms with Gasteiger partial charge >= 0.3 is 0 Å². The van der Waals surface area contributed by atoms with Crippen LogP contribution in [0.25, 0.3) is 0 Å². The molecule has 124 valence electrons. The van der Waals surface area contributed by atoms with E-state index in [9.17, 15) is 0 Å². The maximum absolute atomic E-state index is 6.11. The lowest BCUT2D eigenvalue weighted by molar-refractivity contribution is -0.0894. The molecule has 0 bridgehead atoms. The van der Waals surface area contributed by atoms with E-state index in [-0.39, 0.29) is 0 Å². The fourth-order valence-corrected chi connectivity index (χ4v) is 4.28. The van der Waals surface area contributed by atoms with Crippen molar-refractivity contribution >= 4 is 0 Å². The molecule has 3 nitrogen and oxygen atoms in total. The molecule has 1 aliphatic heterocycles. The molecule has 5 unspecified atom stereocenters. The zero-order valence-corrected chi connectivity index (χ0v) is 14.8. The van der Waals surface area contributed by atoms with Crippen LogP contribution in [-0.2, 0) is 4.74 Å². The molecule has 1 aliphatic carbocycles. The summed E-state index contributed by atoms with van der Waals surface area (Å²) in [6.45, 7) is 14.5. The van der Waals surface area contributed by atoms with Crippen LogP contribution in [0.1, 0.15) is 60.3 Å². The van der Waals surface area contributed by atoms with Gasteiger partial charge in [0.25, 0.3) is 0 Å². The van der Waals surface area contributed by atoms with Crippen molar-refractivity contribution in [3.8, 4) is 0 Å². The van der Waals surface area contributed by atoms with Crippen LogP contribution in [0.5, 0.6) is 0 Å². The van der Waals surface area contributed by atoms with Crippen molar-refractivity contribution in [3.05, 3.63) is 0 Å². The number of rotatable bonds is 4. The first kappa shape index (κ1) is 17.2. The van der Waals surface area contributed by atoms with Crippen LogP contribution in [0.4, 0.5) is 0 Å². The standard InChI is InChI=1S/C18H36N2O/c1-6-18(4,5)16-8-7-15(10-19)17(9-16)20-11-14(3)21-12-13(20)2/h13-17H,6-12,19H2,1-5H3. The average Bonchev–Trinajstić information content (AvgIpc) is 2.49. The fourth-order valence-electron chi connectivity index (χ4n) is 4.28. The van der Waals surface area contributed by atoms with Crippen molar-refractivity contribution in [1.29, 1.82) is 0 Å². The smallest absolute Gasteiger partial charge is 0.0674 e. The number of nitrogens with zero attached hydrogens (tertiary/aromatic N) is 1. The maximum atomic E-state index is 6.11. The van der Waals surface area contributed by atoms with Crippen LogP contribution in [0.2, 0.25) is 0 Å². The van der Waals surface area contributed by atoms with Crippen molar-refractivity contribution < 1.29 is 4.74 Å². The molecular formula is C18H36N2O. The van der Waals surface area contributed by atoms with Crippen LogP contribution < -0.4 is 5.73 Å². The quantitative estimate of drug-likeness (QED) is 0.865. The third kappa shape index (κ3) is 3.80. The number of ether oxygens (including phenoxy) is 1. The summed E-state index contributed by atoms with van der Waals surface area (Å²) < 4.78 is 5.82. The second-order valence-corrected chi connectivity index (χ2v) is 8.11. The van der Waals surface area contributed by atoms with Gasteiger partial charge < -0.3 is 10.5 Å². The van der Waals surface area contributed by atoms with Crippen LogP contribution >= 0.6 is 0 Å². The van der Waals surface area contributed by atoms with Crippen molar-refractivity contribution in [2.45, 2.75) is 78.5 Å². The van der Waals surface area contributed by atoms with Crippen molar-refractivity contribution in [2.24, 2.45) is 23.0 Å². The van der Waals surface area contributed by atoms with Crippen LogP contribution in [-0.4, -0.2) is 42.8 Å². The number of nitrogens with two attached hydrogens (primary N) is 1. The molecule has 0 aromatic heterocycles. The van der Waals surface area contributed by atoms with E-state index in [0.29, 0.717) is 29.5 Å². The summed E-state index contributed by atoms with van der Waals surface area (Å²) in [6.07, 6.45) is 5.60. The van der Waals surface area contributed by atoms with Crippen molar-refractivity contribution in [2.75, 3.05) is 19.7 Å². The number of hydrogen-bond acceptors (Lipinski definition) is 3. The summed E-state index contributed by atoms with van der Waals surface area (Å²) in [5.41, 5.74) is 6.57. The molecule has 0 aromatic rings. The molecular weight excluding hydrogens is 260 g/mol. The normalized spacial score (nSPS) is 39.4. The second kappa shape index (κ2) is 6.97. The summed E-state index contributed by atoms with van der Waals surface area (Å²) in [5, 5.41) is 0. The van der Waals surface area contributed by atoms with E-state index in [0.717, 1.165) is 25.6 Å². The first-order chi connectivity index (χ1) is 9.89. The van der Waals surface area contributed by atoms with Gasteiger partial charge in [-0.05, 0) is 56.9 Å². The highest BCUT2D eigenvalue weighted by atomic mass is 16.5. The second-order valence-electron chi connectivity index (χ2n) is 8.11. The largest absolute Gasteiger partial charge is 0.376 e. The van der Waals surface area contributed by atoms with E-state index in [1.54, 1.807) is 0 Å². The molecule has 1 saturated carbocycles. The molecule has 1 heterocycles. The first-order valence-corrected chi connectivity index (χ1v) is 8.96. The Hall–Kier alpha value is -0.120. The van der Waals surface area contributed by atoms with Crippen molar-refractivity contribution in [1.82, 2.24) is 4.90 Å². The highest BCUT2D eigenvalue weighted by molar-refractivity contribution is 4.94. The average molecular weight is 296 g/mol. The molecule has 0 aromatic carbocycles. The molecule has 5 atom stereocenters. The number of morpholine rings is 1. The molecule has 1 saturated heterocycles. The molecule has 0 amide bonds. The Bertz CT molecular complexity index is 331. The summed E-state index contributed by atoms with van der Waals surface area (Å²) in [4.78, 5) is 2.71. The Morgan fingerprint density at radius 1 is 1.24 bits per heavy atom. The third-order valence-corrected chi connectivity index (χ3v) is 6.36. The molecule has 2 N–H and O–H groups in total. The Morgan fingerprint density at radius 2 is 1.95 bits per heavy atom. The lowest BCUT2D eigenvalue weighted by atomic mass is 9.65. The third-order valence-electron chi connectivity index (χ3n) is 6.36. The van der Waals surface area contributed by atoms with E-state index < -0.39 is 0 Å². The highest BCUT2D eigenvalue weighted by Crippen LogP contribution is 2.44. The van der Waals surface area contributed by atoms with E-state index in [1.807, 2.05) is 0 Å². The van der Waals surface area contributed by atoms with Gasteiger partial charge in [0.1, 0.15) is 0 Å². The van der Waals surface area contributed by atoms with Gasteiger partial charge in [-0.15, -0.1) is 0 Å². The van der Waals surface area contributed by atoms with Crippen LogP contribution in [0.15, 0.2) is 0 Å². The zero-order chi connectivity index (χ0) is 15.6. The first-order valence-electron chi connectivity index (χ1n) is 8.96. The Labute approximate surface area is 131 Å². The lowest BCUT2D eigenvalue weighted by Gasteiger charge is -2.50. The zero-order valence-electron chi connectivity index (χ0n) is 14.8. The summed E-state index contributed by atoms with van der Waals surface area (Å²) in [7, 11) is 0. The molecule has 2 rings (SSSR count). The summed E-state index contributed by atoms with van der Waals surface area (Å²) >= 11 is 0. The van der Waals surface area contributed by atoms with Crippen LogP contribution in [0.3, 0.4) is 0 Å². The minimum absolute atomic E-state index is 0.360. The Balaban J connectivity index is 2.12. The molecule has 21 heavy (non-hydrogen) atoms. The summed E-state index contributed by atoms with van der Waals surface area (Å²) in [6, 6.07) is 1.18. The van der Waals surface area contributed by atoms with E-state index in [1.165, 1.54) is 25.7 Å². The lowest BCUT2D eigenvalue weighted by Crippen LogP contribution is -2.57. The van der Waals surface area contributed by atoms with E-state index in [2.05, 4.69) is 39.5 Å². The molecule has 0 spiro atoms. The van der Waals surface area contributed by atoms with Gasteiger partial charge in [0.2, 0.25) is 0 Å². The minimum atomic E-state index is 0.360. The van der Waals surface area contributed by atoms with Gasteiger partial charge in [-0.3, -0.25) is 4.90 Å². The van der Waals surface area contributed by atoms with Crippen LogP contribution in [0, 0.1) is 17.3 Å². The monoisotopic (exact) mass is 296 g/mol. The highest BCUT2D eigenvalue weighted by Gasteiger charge is 2.41. The van der Waals surface area contributed by atoms with Gasteiger partial charge in [0.15, 0.2) is 0 Å². The fraction of sp³-hybridized carbons (Fsp3) is 1.00. The van der Waals surface area contributed by atoms with E-state index >= 15 is 0 Å². The molecule has 0 radical (unpaired) electrons. The van der Waals surface area contributed by atoms with E-state index in [4.69, 9.17) is 10.5 Å². The van der Waals surface area contributed by atoms with Gasteiger partial charge in [0.05, 0.1) is 12.7 Å². The van der Waals surface area contributed by atoms with Gasteiger partial charge in [-0.1, -0.05) is 27.2 Å². The molecule has 3 heteroatoms. The van der Waals surface area contributed by atoms with Gasteiger partial charge in [0, 0.05) is 18.6 Å². The predicted octanol–water partition coefficient (Wildman–Crippen LogP) is 3.28. The van der Waals surface area contributed by atoms with Crippen molar-refractivity contribution in [3.63, 3.8) is 0 Å². The van der Waals surface area contributed by atoms with Gasteiger partial charge in [-0.25, -0.2) is 0 Å². The summed E-state index contributed by atoms with van der Waals surface area (Å²) in [5.74, 6) is 1.50.